The SMILES string of the molecule is CC(C)(C)O[Si](C)(C)OC(C)(C)C.CC(C)(C)O[Si](C)(C)OC(C)(C)C.CCCC[Si](OC)(OC(C)(C)C)OC(C)(C)C.CC[Si](C)(OC(C)(C)C)OC(C)(C)C.CC[Si](C)(OC(C)(C)C)OC(C)(C)C.CO[Si](OC(C)(C)C)(OC(C)(C)C)c1ccccc1.CO[Si](OC(C)(C)C)(OC(C)(C)C)c1ccccc1.CO[Si](OC(C)(C)C)(OC(C)(C)C)c1ccccc1. The lowest BCUT2D eigenvalue weighted by molar-refractivity contribution is -0.0370. The molecule has 0 aliphatic rings. The summed E-state index contributed by atoms with van der Waals surface area (Å²) in [5.41, 5.74) is -3.33. The smallest absolute Gasteiger partial charge is 0.390 e. The molecule has 128 heavy (non-hydrogen) atoms. The summed E-state index contributed by atoms with van der Waals surface area (Å²) in [5.74, 6) is 0. The lowest BCUT2D eigenvalue weighted by Gasteiger charge is -2.39. The van der Waals surface area contributed by atoms with E-state index in [-0.39, 0.29) is 89.6 Å². The average molecular weight is 1960 g/mol. The molecule has 0 saturated carbocycles. The van der Waals surface area contributed by atoms with Gasteiger partial charge in [0.2, 0.25) is 0 Å². The van der Waals surface area contributed by atoms with Crippen molar-refractivity contribution in [1.82, 2.24) is 0 Å². The van der Waals surface area contributed by atoms with Crippen molar-refractivity contribution in [2.45, 2.75) is 513 Å². The molecule has 0 unspecified atom stereocenters. The second-order valence-corrected chi connectivity index (χ2v) is 73.0. The second kappa shape index (κ2) is 53.1. The van der Waals surface area contributed by atoms with Crippen LogP contribution >= 0.6 is 0 Å². The molecule has 28 heteroatoms. The Balaban J connectivity index is -0.000000453. The summed E-state index contributed by atoms with van der Waals surface area (Å²) in [5, 5.41) is 2.96. The maximum absolute atomic E-state index is 6.23. The third kappa shape index (κ3) is 74.7. The van der Waals surface area contributed by atoms with Crippen LogP contribution in [0.3, 0.4) is 0 Å². The van der Waals surface area contributed by atoms with Crippen molar-refractivity contribution in [3.8, 4) is 0 Å². The summed E-state index contributed by atoms with van der Waals surface area (Å²) >= 11 is 0. The molecule has 760 valence electrons. The van der Waals surface area contributed by atoms with Crippen molar-refractivity contribution in [2.75, 3.05) is 28.4 Å². The van der Waals surface area contributed by atoms with Crippen LogP contribution in [0.15, 0.2) is 91.0 Å². The van der Waals surface area contributed by atoms with Crippen LogP contribution in [0.4, 0.5) is 0 Å². The van der Waals surface area contributed by atoms with Gasteiger partial charge in [-0.15, -0.1) is 0 Å². The first-order valence-electron chi connectivity index (χ1n) is 46.6. The summed E-state index contributed by atoms with van der Waals surface area (Å²) in [6.45, 7) is 117. The van der Waals surface area contributed by atoms with Gasteiger partial charge in [0.1, 0.15) is 0 Å². The van der Waals surface area contributed by atoms with Crippen LogP contribution in [0, 0.1) is 0 Å². The van der Waals surface area contributed by atoms with Crippen molar-refractivity contribution in [3.05, 3.63) is 91.0 Å². The van der Waals surface area contributed by atoms with E-state index in [0.29, 0.717) is 0 Å². The minimum atomic E-state index is -2.92. The molecule has 20 nitrogen and oxygen atoms in total. The van der Waals surface area contributed by atoms with E-state index >= 15 is 0 Å². The van der Waals surface area contributed by atoms with Gasteiger partial charge in [0.25, 0.3) is 0 Å². The highest BCUT2D eigenvalue weighted by Crippen LogP contribution is 2.34. The Kier molecular flexibility index (Phi) is 56.0. The highest BCUT2D eigenvalue weighted by molar-refractivity contribution is 6.76. The van der Waals surface area contributed by atoms with E-state index in [4.69, 9.17) is 88.5 Å². The molecule has 0 aliphatic heterocycles. The Hall–Kier alpha value is -1.40. The average Bonchev–Trinajstić information content (AvgIpc) is 0.794. The van der Waals surface area contributed by atoms with E-state index < -0.39 is 69.5 Å². The lowest BCUT2D eigenvalue weighted by atomic mass is 10.2. The summed E-state index contributed by atoms with van der Waals surface area (Å²) in [6.07, 6.45) is 2.20. The number of rotatable bonds is 28. The van der Waals surface area contributed by atoms with Gasteiger partial charge in [-0.1, -0.05) is 118 Å². The van der Waals surface area contributed by atoms with Crippen molar-refractivity contribution in [3.63, 3.8) is 0 Å². The number of hydrogen-bond donors (Lipinski definition) is 0. The molecule has 0 saturated heterocycles. The first kappa shape index (κ1) is 135. The summed E-state index contributed by atoms with van der Waals surface area (Å²) in [6, 6.07) is 32.7. The van der Waals surface area contributed by atoms with Crippen LogP contribution in [0.2, 0.25) is 57.4 Å². The van der Waals surface area contributed by atoms with E-state index in [1.165, 1.54) is 0 Å². The first-order chi connectivity index (χ1) is 56.1. The molecule has 3 rings (SSSR count). The van der Waals surface area contributed by atoms with Crippen LogP contribution in [0.25, 0.3) is 0 Å². The second-order valence-electron chi connectivity index (χ2n) is 49.6. The van der Waals surface area contributed by atoms with Gasteiger partial charge in [0.15, 0.2) is 0 Å². The fourth-order valence-electron chi connectivity index (χ4n) is 12.9. The normalized spacial score (nSPS) is 14.1. The van der Waals surface area contributed by atoms with Crippen LogP contribution in [-0.2, 0) is 88.5 Å². The van der Waals surface area contributed by atoms with Crippen molar-refractivity contribution >= 4 is 85.0 Å². The number of hydrogen-bond acceptors (Lipinski definition) is 20. The standard InChI is InChI=1S/3C15H26O3Si.C13H30O3Si.2C11H26O2Si.2C10H24O2Si/c3*1-14(2,3)17-19(16-7,18-15(4,5)6)13-11-9-8-10-12-13;1-9-10-11-17(14-8,15-12(2,3)4)16-13(5,6)7;2*1-9-14(8,12-10(2,3)4)13-11(5,6)7;2*1-9(2,3)11-13(7,8)12-10(4,5)6/h3*8-12H,1-7H3;9-11H2,1-8H3;2*9H2,1-8H3;2*1-8H3. The van der Waals surface area contributed by atoms with Gasteiger partial charge >= 0.3 is 69.5 Å². The predicted molar refractivity (Wildman–Crippen MR) is 562 cm³/mol. The van der Waals surface area contributed by atoms with E-state index in [1.54, 1.807) is 28.4 Å². The van der Waals surface area contributed by atoms with Crippen molar-refractivity contribution < 1.29 is 88.5 Å². The molecule has 0 fully saturated rings. The Labute approximate surface area is 800 Å². The van der Waals surface area contributed by atoms with E-state index in [2.05, 4.69) is 226 Å². The summed E-state index contributed by atoms with van der Waals surface area (Å²) < 4.78 is 121. The van der Waals surface area contributed by atoms with Gasteiger partial charge in [-0.25, -0.2) is 0 Å². The van der Waals surface area contributed by atoms with E-state index in [0.717, 1.165) is 46.5 Å². The van der Waals surface area contributed by atoms with Crippen LogP contribution in [0.5, 0.6) is 0 Å². The summed E-state index contributed by atoms with van der Waals surface area (Å²) in [4.78, 5) is 0. The molecule has 0 aromatic heterocycles. The topological polar surface area (TPSA) is 185 Å². The van der Waals surface area contributed by atoms with Gasteiger partial charge in [0, 0.05) is 50.0 Å². The monoisotopic (exact) mass is 1950 g/mol. The molecule has 0 N–H and O–H groups in total. The quantitative estimate of drug-likeness (QED) is 0.0625. The number of unbranched alkanes of at least 4 members (excludes halogenated alkanes) is 1. The summed E-state index contributed by atoms with van der Waals surface area (Å²) in [7, 11) is -12.5. The molecule has 0 atom stereocenters. The molecule has 0 bridgehead atoms. The van der Waals surface area contributed by atoms with E-state index in [9.17, 15) is 0 Å². The van der Waals surface area contributed by atoms with Crippen molar-refractivity contribution in [1.29, 1.82) is 0 Å². The predicted octanol–water partition coefficient (Wildman–Crippen LogP) is 27.4. The Morgan fingerprint density at radius 1 is 0.195 bits per heavy atom. The highest BCUT2D eigenvalue weighted by Gasteiger charge is 2.53. The largest absolute Gasteiger partial charge is 0.537 e. The third-order valence-electron chi connectivity index (χ3n) is 14.5. The van der Waals surface area contributed by atoms with Gasteiger partial charge in [-0.3, -0.25) is 0 Å². The molecular weight excluding hydrogens is 1750 g/mol. The first-order valence-corrected chi connectivity index (χ1v) is 64.4. The van der Waals surface area contributed by atoms with Gasteiger partial charge in [0.05, 0.1) is 89.6 Å². The number of benzene rings is 3. The maximum Gasteiger partial charge on any atom is 0.537 e. The van der Waals surface area contributed by atoms with Gasteiger partial charge in [-0.05, 0) is 390 Å². The molecular formula is C100H208O20Si8. The molecule has 3 aromatic rings. The molecule has 0 aliphatic carbocycles. The maximum atomic E-state index is 6.23. The zero-order valence-corrected chi connectivity index (χ0v) is 103. The van der Waals surface area contributed by atoms with Crippen LogP contribution < -0.4 is 15.6 Å². The van der Waals surface area contributed by atoms with Crippen LogP contribution in [0.1, 0.15) is 366 Å². The van der Waals surface area contributed by atoms with Gasteiger partial charge < -0.3 is 88.5 Å². The van der Waals surface area contributed by atoms with E-state index in [1.807, 2.05) is 257 Å². The molecule has 0 radical (unpaired) electrons. The Bertz CT molecular complexity index is 2980. The zero-order valence-electron chi connectivity index (χ0n) is 94.9. The Morgan fingerprint density at radius 3 is 0.453 bits per heavy atom. The minimum Gasteiger partial charge on any atom is -0.390 e. The van der Waals surface area contributed by atoms with Crippen LogP contribution in [-0.4, -0.2) is 188 Å². The Morgan fingerprint density at radius 2 is 0.344 bits per heavy atom. The van der Waals surface area contributed by atoms with Gasteiger partial charge in [-0.2, -0.15) is 0 Å². The molecule has 0 heterocycles. The van der Waals surface area contributed by atoms with Crippen molar-refractivity contribution in [2.24, 2.45) is 0 Å². The molecule has 0 spiro atoms. The fraction of sp³-hybridized carbons (Fsp3) is 0.820. The minimum absolute atomic E-state index is 0.109. The molecule has 3 aromatic carbocycles. The lowest BCUT2D eigenvalue weighted by Crippen LogP contribution is -2.61. The fourth-order valence-corrected chi connectivity index (χ4v) is 36.7. The zero-order chi connectivity index (χ0) is 103. The highest BCUT2D eigenvalue weighted by atomic mass is 28.4. The third-order valence-corrected chi connectivity index (χ3v) is 39.1. The molecule has 0 amide bonds.